The van der Waals surface area contributed by atoms with Crippen LogP contribution in [0.4, 0.5) is 5.69 Å². The van der Waals surface area contributed by atoms with Crippen molar-refractivity contribution in [1.82, 2.24) is 15.2 Å². The summed E-state index contributed by atoms with van der Waals surface area (Å²) in [7, 11) is 1.74. The number of nitrogens with zero attached hydrogens (tertiary/aromatic N) is 3. The lowest BCUT2D eigenvalue weighted by atomic mass is 10.0. The van der Waals surface area contributed by atoms with Crippen LogP contribution in [0.2, 0.25) is 0 Å². The quantitative estimate of drug-likeness (QED) is 0.248. The van der Waals surface area contributed by atoms with Gasteiger partial charge in [0.2, 0.25) is 11.7 Å². The molecule has 7 rings (SSSR count). The van der Waals surface area contributed by atoms with Crippen molar-refractivity contribution in [1.29, 1.82) is 0 Å². The minimum atomic E-state index is -0.620. The van der Waals surface area contributed by atoms with Gasteiger partial charge < -0.3 is 29.6 Å². The van der Waals surface area contributed by atoms with E-state index >= 15 is 0 Å². The van der Waals surface area contributed by atoms with Gasteiger partial charge in [-0.05, 0) is 35.9 Å². The summed E-state index contributed by atoms with van der Waals surface area (Å²) in [5.74, 6) is 6.63. The molecule has 47 heavy (non-hydrogen) atoms. The Kier molecular flexibility index (Phi) is 9.56. The van der Waals surface area contributed by atoms with Crippen LogP contribution in [0.15, 0.2) is 78.9 Å². The van der Waals surface area contributed by atoms with Crippen LogP contribution in [-0.4, -0.2) is 78.1 Å². The third kappa shape index (κ3) is 7.49. The zero-order valence-electron chi connectivity index (χ0n) is 25.6. The number of nitrogens with two attached hydrogens (primary N) is 1. The molecule has 3 aliphatic heterocycles. The first-order chi connectivity index (χ1) is 22.9. The van der Waals surface area contributed by atoms with E-state index in [0.717, 1.165) is 11.1 Å². The van der Waals surface area contributed by atoms with Gasteiger partial charge in [-0.1, -0.05) is 60.4 Å². The molecule has 4 atom stereocenters. The van der Waals surface area contributed by atoms with Gasteiger partial charge in [-0.2, -0.15) is 0 Å². The number of primary amides is 1. The van der Waals surface area contributed by atoms with Crippen LogP contribution in [0.1, 0.15) is 44.3 Å². The Hall–Kier alpha value is -5.51. The highest BCUT2D eigenvalue weighted by Crippen LogP contribution is 2.34. The number of aromatic nitrogens is 3. The van der Waals surface area contributed by atoms with Gasteiger partial charge in [0.1, 0.15) is 23.8 Å². The summed E-state index contributed by atoms with van der Waals surface area (Å²) < 4.78 is 23.1. The molecule has 12 nitrogen and oxygen atoms in total. The van der Waals surface area contributed by atoms with Crippen LogP contribution < -0.4 is 15.4 Å². The zero-order chi connectivity index (χ0) is 32.8. The predicted molar refractivity (Wildman–Crippen MR) is 170 cm³/mol. The average Bonchev–Trinajstić information content (AvgIpc) is 3.81. The molecule has 2 amide bonds. The summed E-state index contributed by atoms with van der Waals surface area (Å²) in [6.07, 6.45) is -0.0668. The minimum absolute atomic E-state index is 0.0105. The van der Waals surface area contributed by atoms with Gasteiger partial charge in [0.25, 0.3) is 5.91 Å². The lowest BCUT2D eigenvalue weighted by Gasteiger charge is -2.16. The third-order valence-electron chi connectivity index (χ3n) is 7.91. The van der Waals surface area contributed by atoms with Crippen molar-refractivity contribution in [2.24, 2.45) is 11.7 Å². The fraction of sp³-hybridized carbons (Fsp3) is 0.286. The van der Waals surface area contributed by atoms with Gasteiger partial charge in [0, 0.05) is 19.0 Å². The number of benzene rings is 3. The number of hydrogen-bond acceptors (Lipinski definition) is 9. The molecule has 12 heteroatoms. The summed E-state index contributed by atoms with van der Waals surface area (Å²) in [5, 5.41) is 6.37. The first-order valence-electron chi connectivity index (χ1n) is 15.1. The number of fused-ring (bicyclic) bond motifs is 2. The maximum absolute atomic E-state index is 12.4. The molecule has 2 saturated heterocycles. The molecule has 3 N–H and O–H groups in total. The van der Waals surface area contributed by atoms with Crippen molar-refractivity contribution in [2.75, 3.05) is 31.8 Å². The summed E-state index contributed by atoms with van der Waals surface area (Å²) in [6, 6.07) is 24.2. The Balaban J connectivity index is 0.000000215. The maximum atomic E-state index is 12.4. The van der Waals surface area contributed by atoms with E-state index < -0.39 is 12.0 Å². The molecule has 0 radical (unpaired) electrons. The Morgan fingerprint density at radius 3 is 2.51 bits per heavy atom. The van der Waals surface area contributed by atoms with E-state index in [0.29, 0.717) is 48.9 Å². The van der Waals surface area contributed by atoms with Gasteiger partial charge in [0.15, 0.2) is 6.10 Å². The fourth-order valence-corrected chi connectivity index (χ4v) is 5.45. The second-order valence-corrected chi connectivity index (χ2v) is 11.1. The van der Waals surface area contributed by atoms with Crippen LogP contribution >= 0.6 is 0 Å². The molecule has 4 aromatic rings. The third-order valence-corrected chi connectivity index (χ3v) is 7.91. The average molecular weight is 636 g/mol. The molecule has 0 bridgehead atoms. The van der Waals surface area contributed by atoms with Gasteiger partial charge in [-0.3, -0.25) is 14.7 Å². The van der Waals surface area contributed by atoms with E-state index in [1.165, 1.54) is 0 Å². The molecule has 3 aromatic carbocycles. The Labute approximate surface area is 271 Å². The number of carbonyl (C=O) groups is 3. The molecule has 4 unspecified atom stereocenters. The molecule has 3 aliphatic rings. The van der Waals surface area contributed by atoms with Crippen molar-refractivity contribution in [3.8, 4) is 17.6 Å². The number of anilines is 1. The van der Waals surface area contributed by atoms with Gasteiger partial charge >= 0.3 is 5.97 Å². The highest BCUT2D eigenvalue weighted by Gasteiger charge is 2.49. The van der Waals surface area contributed by atoms with Gasteiger partial charge in [-0.25, -0.2) is 9.78 Å². The lowest BCUT2D eigenvalue weighted by molar-refractivity contribution is -0.118. The molecule has 0 saturated carbocycles. The number of carbonyl (C=O) groups excluding carboxylic acids is 3. The molecule has 0 aliphatic carbocycles. The summed E-state index contributed by atoms with van der Waals surface area (Å²) in [4.78, 5) is 40.8. The lowest BCUT2D eigenvalue weighted by Crippen LogP contribution is -2.33. The molecule has 2 fully saturated rings. The number of esters is 1. The monoisotopic (exact) mass is 635 g/mol. The highest BCUT2D eigenvalue weighted by molar-refractivity contribution is 5.95. The van der Waals surface area contributed by atoms with Crippen molar-refractivity contribution in [2.45, 2.75) is 31.2 Å². The topological polar surface area (TPSA) is 159 Å². The number of rotatable bonds is 5. The number of H-pyrrole nitrogens is 1. The highest BCUT2D eigenvalue weighted by atomic mass is 16.6. The Bertz CT molecular complexity index is 1800. The van der Waals surface area contributed by atoms with E-state index in [9.17, 15) is 14.4 Å². The van der Waals surface area contributed by atoms with E-state index in [1.54, 1.807) is 36.2 Å². The smallest absolute Gasteiger partial charge is 0.338 e. The second kappa shape index (κ2) is 14.3. The first-order valence-corrected chi connectivity index (χ1v) is 15.1. The van der Waals surface area contributed by atoms with Crippen molar-refractivity contribution < 1.29 is 33.3 Å². The molecular formula is C35H33N5O7. The molecular weight excluding hydrogens is 602 g/mol. The van der Waals surface area contributed by atoms with Crippen LogP contribution in [0.5, 0.6) is 5.75 Å². The zero-order valence-corrected chi connectivity index (χ0v) is 25.6. The van der Waals surface area contributed by atoms with Crippen LogP contribution in [0.25, 0.3) is 0 Å². The van der Waals surface area contributed by atoms with Gasteiger partial charge in [0.05, 0.1) is 43.4 Å². The Morgan fingerprint density at radius 2 is 1.77 bits per heavy atom. The molecule has 0 spiro atoms. The SMILES string of the molecule is CN1C(=O)CCOc2ccc(C#CC3COC4C(OC(=O)c5ccccc5)COC34)cc21.NC(=O)c1n[nH]c(Cc2ccccc2)n1. The number of ether oxygens (including phenoxy) is 4. The number of aromatic amines is 1. The van der Waals surface area contributed by atoms with Crippen molar-refractivity contribution in [3.05, 3.63) is 107 Å². The van der Waals surface area contributed by atoms with Crippen molar-refractivity contribution in [3.63, 3.8) is 0 Å². The fourth-order valence-electron chi connectivity index (χ4n) is 5.45. The minimum Gasteiger partial charge on any atom is -0.491 e. The summed E-state index contributed by atoms with van der Waals surface area (Å²) in [5.41, 5.74) is 8.13. The van der Waals surface area contributed by atoms with Crippen LogP contribution in [0, 0.1) is 17.8 Å². The van der Waals surface area contributed by atoms with E-state index in [4.69, 9.17) is 24.7 Å². The summed E-state index contributed by atoms with van der Waals surface area (Å²) >= 11 is 0. The van der Waals surface area contributed by atoms with E-state index in [2.05, 4.69) is 27.0 Å². The molecule has 240 valence electrons. The van der Waals surface area contributed by atoms with Crippen LogP contribution in [-0.2, 0) is 25.4 Å². The maximum Gasteiger partial charge on any atom is 0.338 e. The number of nitrogens with one attached hydrogen (secondary N) is 1. The van der Waals surface area contributed by atoms with E-state index in [1.807, 2.05) is 54.6 Å². The van der Waals surface area contributed by atoms with E-state index in [-0.39, 0.29) is 42.4 Å². The normalized spacial score (nSPS) is 21.1. The largest absolute Gasteiger partial charge is 0.491 e. The Morgan fingerprint density at radius 1 is 1.02 bits per heavy atom. The summed E-state index contributed by atoms with van der Waals surface area (Å²) in [6.45, 7) is 1.07. The first kappa shape index (κ1) is 31.5. The standard InChI is InChI=1S/C25H23NO6.C10H10N4O/c1-26-19-13-16(8-10-20(19)29-12-11-22(26)27)7-9-18-14-30-24-21(15-31-23(18)24)32-25(28)17-5-3-2-4-6-17;11-9(15)10-12-8(13-14-10)6-7-4-2-1-3-5-7/h2-6,8,10,13,18,21,23-24H,11-12,14-15H2,1H3;1-5H,6H2,(H2,11,15)(H,12,13,14). The van der Waals surface area contributed by atoms with Gasteiger partial charge in [-0.15, -0.1) is 5.10 Å². The van der Waals surface area contributed by atoms with Crippen LogP contribution in [0.3, 0.4) is 0 Å². The molecule has 4 heterocycles. The van der Waals surface area contributed by atoms with Crippen molar-refractivity contribution >= 4 is 23.5 Å². The predicted octanol–water partition coefficient (Wildman–Crippen LogP) is 2.92. The molecule has 1 aromatic heterocycles. The number of amides is 2. The number of hydrogen-bond donors (Lipinski definition) is 2. The second-order valence-electron chi connectivity index (χ2n) is 11.1.